The number of likely N-dealkylation sites (tertiary alicyclic amines) is 1. The molecule has 0 amide bonds. The van der Waals surface area contributed by atoms with Crippen LogP contribution < -0.4 is 0 Å². The van der Waals surface area contributed by atoms with E-state index in [2.05, 4.69) is 14.9 Å². The molecule has 1 aliphatic rings. The summed E-state index contributed by atoms with van der Waals surface area (Å²) < 4.78 is 5.10. The fraction of sp³-hybridized carbons (Fsp3) is 0.667. The number of hydrogen-bond donors (Lipinski definition) is 0. The lowest BCUT2D eigenvalue weighted by atomic mass is 10.1. The Hall–Kier alpha value is -1.00. The van der Waals surface area contributed by atoms with E-state index in [0.29, 0.717) is 5.92 Å². The summed E-state index contributed by atoms with van der Waals surface area (Å²) in [6.07, 6.45) is 3.05. The average molecular weight is 221 g/mol. The molecule has 0 unspecified atom stereocenters. The number of aromatic nitrogens is 2. The summed E-state index contributed by atoms with van der Waals surface area (Å²) in [5, 5.41) is 0. The lowest BCUT2D eigenvalue weighted by Gasteiger charge is -2.15. The molecule has 4 nitrogen and oxygen atoms in total. The molecule has 0 aliphatic carbocycles. The van der Waals surface area contributed by atoms with Gasteiger partial charge in [-0.1, -0.05) is 0 Å². The van der Waals surface area contributed by atoms with Crippen molar-refractivity contribution in [2.45, 2.75) is 19.3 Å². The van der Waals surface area contributed by atoms with Crippen LogP contribution in [0.1, 0.15) is 23.9 Å². The molecule has 0 bridgehead atoms. The molecule has 1 aromatic rings. The summed E-state index contributed by atoms with van der Waals surface area (Å²) in [5.41, 5.74) is 1.19. The highest BCUT2D eigenvalue weighted by atomic mass is 16.5. The van der Waals surface area contributed by atoms with E-state index in [4.69, 9.17) is 4.74 Å². The molecule has 1 aromatic heterocycles. The third kappa shape index (κ3) is 2.77. The third-order valence-electron chi connectivity index (χ3n) is 3.10. The van der Waals surface area contributed by atoms with Crippen molar-refractivity contribution >= 4 is 0 Å². The molecule has 0 spiro atoms. The Morgan fingerprint density at radius 2 is 2.44 bits per heavy atom. The van der Waals surface area contributed by atoms with E-state index in [1.165, 1.54) is 12.1 Å². The number of hydrogen-bond acceptors (Lipinski definition) is 4. The normalized spacial score (nSPS) is 21.5. The van der Waals surface area contributed by atoms with Crippen molar-refractivity contribution in [3.05, 3.63) is 23.8 Å². The molecule has 1 fully saturated rings. The molecule has 0 aromatic carbocycles. The highest BCUT2D eigenvalue weighted by Crippen LogP contribution is 2.25. The Bertz CT molecular complexity index is 343. The fourth-order valence-corrected chi connectivity index (χ4v) is 2.20. The molecule has 1 atom stereocenters. The van der Waals surface area contributed by atoms with Crippen molar-refractivity contribution in [3.8, 4) is 0 Å². The predicted octanol–water partition coefficient (Wildman–Crippen LogP) is 1.22. The Morgan fingerprint density at radius 3 is 3.19 bits per heavy atom. The van der Waals surface area contributed by atoms with Crippen LogP contribution in [0.25, 0.3) is 0 Å². The standard InChI is InChI=1S/C12H19N3O/c1-10-13-5-3-12(14-10)11-4-6-15(9-11)7-8-16-2/h3,5,11H,4,6-9H2,1-2H3/t11-/m0/s1. The quantitative estimate of drug-likeness (QED) is 0.766. The molecule has 0 N–H and O–H groups in total. The molecule has 4 heteroatoms. The van der Waals surface area contributed by atoms with Crippen LogP contribution in [0.4, 0.5) is 0 Å². The van der Waals surface area contributed by atoms with Gasteiger partial charge in [0.1, 0.15) is 5.82 Å². The third-order valence-corrected chi connectivity index (χ3v) is 3.10. The average Bonchev–Trinajstić information content (AvgIpc) is 2.75. The summed E-state index contributed by atoms with van der Waals surface area (Å²) in [6, 6.07) is 2.04. The van der Waals surface area contributed by atoms with Crippen molar-refractivity contribution in [3.63, 3.8) is 0 Å². The van der Waals surface area contributed by atoms with Crippen LogP contribution in [0, 0.1) is 6.92 Å². The van der Waals surface area contributed by atoms with Gasteiger partial charge in [-0.25, -0.2) is 9.97 Å². The zero-order chi connectivity index (χ0) is 11.4. The first kappa shape index (κ1) is 11.5. The molecule has 16 heavy (non-hydrogen) atoms. The van der Waals surface area contributed by atoms with E-state index in [1.54, 1.807) is 7.11 Å². The Kier molecular flexibility index (Phi) is 3.85. The molecule has 1 aliphatic heterocycles. The van der Waals surface area contributed by atoms with Gasteiger partial charge >= 0.3 is 0 Å². The van der Waals surface area contributed by atoms with Crippen LogP contribution in [-0.2, 0) is 4.74 Å². The van der Waals surface area contributed by atoms with Gasteiger partial charge < -0.3 is 9.64 Å². The molecule has 88 valence electrons. The molecule has 2 rings (SSSR count). The van der Waals surface area contributed by atoms with Gasteiger partial charge in [-0.3, -0.25) is 0 Å². The Morgan fingerprint density at radius 1 is 1.56 bits per heavy atom. The molecular weight excluding hydrogens is 202 g/mol. The van der Waals surface area contributed by atoms with Crippen molar-refractivity contribution < 1.29 is 4.74 Å². The van der Waals surface area contributed by atoms with Crippen molar-refractivity contribution in [1.82, 2.24) is 14.9 Å². The molecular formula is C12H19N3O. The Labute approximate surface area is 96.7 Å². The highest BCUT2D eigenvalue weighted by molar-refractivity contribution is 5.10. The summed E-state index contributed by atoms with van der Waals surface area (Å²) in [5.74, 6) is 1.44. The monoisotopic (exact) mass is 221 g/mol. The fourth-order valence-electron chi connectivity index (χ4n) is 2.20. The summed E-state index contributed by atoms with van der Waals surface area (Å²) in [7, 11) is 1.75. The van der Waals surface area contributed by atoms with Gasteiger partial charge in [-0.2, -0.15) is 0 Å². The van der Waals surface area contributed by atoms with Gasteiger partial charge in [0, 0.05) is 38.0 Å². The first-order valence-electron chi connectivity index (χ1n) is 5.80. The minimum absolute atomic E-state index is 0.568. The first-order valence-corrected chi connectivity index (χ1v) is 5.80. The van der Waals surface area contributed by atoms with Gasteiger partial charge in [0.05, 0.1) is 6.61 Å². The smallest absolute Gasteiger partial charge is 0.125 e. The van der Waals surface area contributed by atoms with Crippen molar-refractivity contribution in [2.24, 2.45) is 0 Å². The van der Waals surface area contributed by atoms with Crippen molar-refractivity contribution in [2.75, 3.05) is 33.4 Å². The highest BCUT2D eigenvalue weighted by Gasteiger charge is 2.24. The van der Waals surface area contributed by atoms with Gasteiger partial charge in [-0.05, 0) is 26.0 Å². The maximum atomic E-state index is 5.10. The summed E-state index contributed by atoms with van der Waals surface area (Å²) in [6.45, 7) is 6.03. The molecule has 2 heterocycles. The zero-order valence-electron chi connectivity index (χ0n) is 10.0. The van der Waals surface area contributed by atoms with E-state index in [9.17, 15) is 0 Å². The lowest BCUT2D eigenvalue weighted by molar-refractivity contribution is 0.160. The first-order chi connectivity index (χ1) is 7.79. The predicted molar refractivity (Wildman–Crippen MR) is 62.4 cm³/mol. The van der Waals surface area contributed by atoms with Crippen LogP contribution in [0.2, 0.25) is 0 Å². The van der Waals surface area contributed by atoms with Gasteiger partial charge in [0.2, 0.25) is 0 Å². The van der Waals surface area contributed by atoms with Crippen LogP contribution >= 0.6 is 0 Å². The van der Waals surface area contributed by atoms with Gasteiger partial charge in [0.25, 0.3) is 0 Å². The number of ether oxygens (including phenoxy) is 1. The van der Waals surface area contributed by atoms with Crippen LogP contribution in [-0.4, -0.2) is 48.2 Å². The SMILES string of the molecule is COCCN1CC[C@H](c2ccnc(C)n2)C1. The van der Waals surface area contributed by atoms with E-state index < -0.39 is 0 Å². The number of nitrogens with zero attached hydrogens (tertiary/aromatic N) is 3. The molecule has 0 saturated carbocycles. The second kappa shape index (κ2) is 5.37. The van der Waals surface area contributed by atoms with Crippen LogP contribution in [0.15, 0.2) is 12.3 Å². The van der Waals surface area contributed by atoms with Gasteiger partial charge in [0.15, 0.2) is 0 Å². The van der Waals surface area contributed by atoms with E-state index in [-0.39, 0.29) is 0 Å². The van der Waals surface area contributed by atoms with E-state index in [1.807, 2.05) is 19.2 Å². The van der Waals surface area contributed by atoms with Crippen LogP contribution in [0.5, 0.6) is 0 Å². The van der Waals surface area contributed by atoms with Crippen LogP contribution in [0.3, 0.4) is 0 Å². The van der Waals surface area contributed by atoms with Crippen molar-refractivity contribution in [1.29, 1.82) is 0 Å². The minimum atomic E-state index is 0.568. The second-order valence-corrected chi connectivity index (χ2v) is 4.31. The topological polar surface area (TPSA) is 38.2 Å². The second-order valence-electron chi connectivity index (χ2n) is 4.31. The molecule has 0 radical (unpaired) electrons. The maximum absolute atomic E-state index is 5.10. The molecule has 1 saturated heterocycles. The minimum Gasteiger partial charge on any atom is -0.383 e. The number of aryl methyl sites for hydroxylation is 1. The maximum Gasteiger partial charge on any atom is 0.125 e. The lowest BCUT2D eigenvalue weighted by Crippen LogP contribution is -2.24. The van der Waals surface area contributed by atoms with E-state index >= 15 is 0 Å². The number of methoxy groups -OCH3 is 1. The summed E-state index contributed by atoms with van der Waals surface area (Å²) >= 11 is 0. The van der Waals surface area contributed by atoms with E-state index in [0.717, 1.165) is 32.1 Å². The summed E-state index contributed by atoms with van der Waals surface area (Å²) in [4.78, 5) is 11.1. The zero-order valence-corrected chi connectivity index (χ0v) is 10.0. The largest absolute Gasteiger partial charge is 0.383 e. The number of rotatable bonds is 4. The Balaban J connectivity index is 1.93. The van der Waals surface area contributed by atoms with Gasteiger partial charge in [-0.15, -0.1) is 0 Å².